The number of carbonyl (C=O) groups is 2. The average molecular weight is 269 g/mol. The number of urea groups is 1. The van der Waals surface area contributed by atoms with E-state index in [1.807, 2.05) is 0 Å². The Morgan fingerprint density at radius 1 is 1.16 bits per heavy atom. The number of amides is 3. The maximum Gasteiger partial charge on any atom is 0.321 e. The largest absolute Gasteiger partial charge is 0.334 e. The van der Waals surface area contributed by atoms with Crippen molar-refractivity contribution in [2.75, 3.05) is 26.2 Å². The van der Waals surface area contributed by atoms with Crippen LogP contribution in [0.5, 0.6) is 0 Å². The number of nitrogens with zero attached hydrogens (tertiary/aromatic N) is 1. The van der Waals surface area contributed by atoms with Crippen molar-refractivity contribution in [3.05, 3.63) is 12.7 Å². The van der Waals surface area contributed by atoms with Crippen LogP contribution < -0.4 is 10.6 Å². The smallest absolute Gasteiger partial charge is 0.321 e. The molecule has 0 aliphatic heterocycles. The molecule has 0 aliphatic carbocycles. The van der Waals surface area contributed by atoms with E-state index < -0.39 is 6.03 Å². The molecule has 19 heavy (non-hydrogen) atoms. The van der Waals surface area contributed by atoms with Crippen LogP contribution in [0.4, 0.5) is 4.79 Å². The van der Waals surface area contributed by atoms with Crippen LogP contribution in [0.2, 0.25) is 0 Å². The molecule has 0 bridgehead atoms. The quantitative estimate of drug-likeness (QED) is 0.658. The first-order valence-corrected chi connectivity index (χ1v) is 6.76. The van der Waals surface area contributed by atoms with Crippen molar-refractivity contribution < 1.29 is 9.59 Å². The number of imide groups is 1. The molecule has 0 aliphatic rings. The molecule has 0 aromatic heterocycles. The van der Waals surface area contributed by atoms with E-state index >= 15 is 0 Å². The van der Waals surface area contributed by atoms with E-state index in [1.165, 1.54) is 0 Å². The van der Waals surface area contributed by atoms with E-state index in [2.05, 4.69) is 49.8 Å². The van der Waals surface area contributed by atoms with E-state index in [1.54, 1.807) is 6.08 Å². The van der Waals surface area contributed by atoms with Crippen LogP contribution in [0.25, 0.3) is 0 Å². The van der Waals surface area contributed by atoms with Gasteiger partial charge in [0.1, 0.15) is 0 Å². The first-order valence-electron chi connectivity index (χ1n) is 6.76. The lowest BCUT2D eigenvalue weighted by atomic mass is 10.1. The summed E-state index contributed by atoms with van der Waals surface area (Å²) >= 11 is 0. The van der Waals surface area contributed by atoms with Crippen molar-refractivity contribution in [2.45, 2.75) is 27.7 Å². The minimum atomic E-state index is -0.473. The maximum atomic E-state index is 11.8. The van der Waals surface area contributed by atoms with Gasteiger partial charge in [0.05, 0.1) is 6.54 Å². The molecule has 0 radical (unpaired) electrons. The molecule has 2 N–H and O–H groups in total. The Kier molecular flexibility index (Phi) is 8.87. The minimum absolute atomic E-state index is 0.248. The molecule has 0 unspecified atom stereocenters. The standard InChI is InChI=1S/C14H27N3O2/c1-6-7-15-14(19)16-13(18)10-17(8-11(2)3)9-12(4)5/h6,11-12H,1,7-10H2,2-5H3,(H2,15,16,18,19). The molecule has 0 aromatic rings. The zero-order valence-electron chi connectivity index (χ0n) is 12.5. The summed E-state index contributed by atoms with van der Waals surface area (Å²) in [5.74, 6) is 0.699. The molecule has 110 valence electrons. The Bertz CT molecular complexity index is 291. The number of hydrogen-bond acceptors (Lipinski definition) is 3. The summed E-state index contributed by atoms with van der Waals surface area (Å²) in [5.41, 5.74) is 0. The van der Waals surface area contributed by atoms with Gasteiger partial charge in [-0.05, 0) is 11.8 Å². The zero-order chi connectivity index (χ0) is 14.8. The summed E-state index contributed by atoms with van der Waals surface area (Å²) in [6.07, 6.45) is 1.56. The van der Waals surface area contributed by atoms with Gasteiger partial charge in [0.2, 0.25) is 5.91 Å². The van der Waals surface area contributed by atoms with Crippen LogP contribution in [0, 0.1) is 11.8 Å². The molecule has 0 heterocycles. The van der Waals surface area contributed by atoms with Crippen molar-refractivity contribution in [3.8, 4) is 0 Å². The number of carbonyl (C=O) groups excluding carboxylic acids is 2. The lowest BCUT2D eigenvalue weighted by molar-refractivity contribution is -0.121. The normalized spacial score (nSPS) is 10.9. The lowest BCUT2D eigenvalue weighted by Crippen LogP contribution is -2.46. The molecule has 0 fully saturated rings. The highest BCUT2D eigenvalue weighted by Crippen LogP contribution is 2.03. The highest BCUT2D eigenvalue weighted by Gasteiger charge is 2.15. The van der Waals surface area contributed by atoms with Gasteiger partial charge in [-0.3, -0.25) is 15.0 Å². The van der Waals surface area contributed by atoms with Crippen LogP contribution in [-0.4, -0.2) is 43.0 Å². The summed E-state index contributed by atoms with van der Waals surface area (Å²) < 4.78 is 0. The van der Waals surface area contributed by atoms with Crippen molar-refractivity contribution in [1.29, 1.82) is 0 Å². The van der Waals surface area contributed by atoms with Gasteiger partial charge in [0.15, 0.2) is 0 Å². The Hall–Kier alpha value is -1.36. The minimum Gasteiger partial charge on any atom is -0.334 e. The van der Waals surface area contributed by atoms with Gasteiger partial charge < -0.3 is 5.32 Å². The van der Waals surface area contributed by atoms with E-state index in [0.717, 1.165) is 13.1 Å². The highest BCUT2D eigenvalue weighted by molar-refractivity contribution is 5.95. The second-order valence-electron chi connectivity index (χ2n) is 5.53. The molecular weight excluding hydrogens is 242 g/mol. The molecule has 5 nitrogen and oxygen atoms in total. The Morgan fingerprint density at radius 3 is 2.11 bits per heavy atom. The van der Waals surface area contributed by atoms with E-state index in [4.69, 9.17) is 0 Å². The van der Waals surface area contributed by atoms with Gasteiger partial charge in [-0.15, -0.1) is 6.58 Å². The van der Waals surface area contributed by atoms with Crippen molar-refractivity contribution in [3.63, 3.8) is 0 Å². The molecular formula is C14H27N3O2. The molecule has 0 atom stereocenters. The van der Waals surface area contributed by atoms with Gasteiger partial charge in [-0.1, -0.05) is 33.8 Å². The number of rotatable bonds is 8. The van der Waals surface area contributed by atoms with Crippen molar-refractivity contribution >= 4 is 11.9 Å². The van der Waals surface area contributed by atoms with E-state index in [9.17, 15) is 9.59 Å². The molecule has 0 rings (SSSR count). The predicted octanol–water partition coefficient (Wildman–Crippen LogP) is 1.61. The number of nitrogens with one attached hydrogen (secondary N) is 2. The molecule has 0 saturated carbocycles. The fourth-order valence-electron chi connectivity index (χ4n) is 1.81. The van der Waals surface area contributed by atoms with Crippen molar-refractivity contribution in [1.82, 2.24) is 15.5 Å². The monoisotopic (exact) mass is 269 g/mol. The summed E-state index contributed by atoms with van der Waals surface area (Å²) in [4.78, 5) is 25.2. The summed E-state index contributed by atoms with van der Waals surface area (Å²) in [5, 5.41) is 4.82. The number of hydrogen-bond donors (Lipinski definition) is 2. The second-order valence-corrected chi connectivity index (χ2v) is 5.53. The maximum absolute atomic E-state index is 11.8. The fourth-order valence-corrected chi connectivity index (χ4v) is 1.81. The highest BCUT2D eigenvalue weighted by atomic mass is 16.2. The van der Waals surface area contributed by atoms with Gasteiger partial charge in [-0.25, -0.2) is 4.79 Å². The van der Waals surface area contributed by atoms with Crippen molar-refractivity contribution in [2.24, 2.45) is 11.8 Å². The average Bonchev–Trinajstić information content (AvgIpc) is 2.23. The van der Waals surface area contributed by atoms with Crippen LogP contribution in [-0.2, 0) is 4.79 Å². The molecule has 0 aromatic carbocycles. The fraction of sp³-hybridized carbons (Fsp3) is 0.714. The summed E-state index contributed by atoms with van der Waals surface area (Å²) in [6.45, 7) is 14.2. The summed E-state index contributed by atoms with van der Waals surface area (Å²) in [7, 11) is 0. The van der Waals surface area contributed by atoms with Crippen LogP contribution in [0.1, 0.15) is 27.7 Å². The molecule has 3 amide bonds. The topological polar surface area (TPSA) is 61.4 Å². The molecule has 5 heteroatoms. The van der Waals surface area contributed by atoms with E-state index in [0.29, 0.717) is 18.4 Å². The SMILES string of the molecule is C=CCNC(=O)NC(=O)CN(CC(C)C)CC(C)C. The van der Waals surface area contributed by atoms with Gasteiger partial charge in [0.25, 0.3) is 0 Å². The third-order valence-corrected chi connectivity index (χ3v) is 2.27. The van der Waals surface area contributed by atoms with Gasteiger partial charge in [-0.2, -0.15) is 0 Å². The van der Waals surface area contributed by atoms with E-state index in [-0.39, 0.29) is 12.5 Å². The zero-order valence-corrected chi connectivity index (χ0v) is 12.5. The third-order valence-electron chi connectivity index (χ3n) is 2.27. The van der Waals surface area contributed by atoms with Gasteiger partial charge >= 0.3 is 6.03 Å². The summed E-state index contributed by atoms with van der Waals surface area (Å²) in [6, 6.07) is -0.473. The lowest BCUT2D eigenvalue weighted by Gasteiger charge is -2.25. The molecule has 0 saturated heterocycles. The first kappa shape index (κ1) is 17.6. The Morgan fingerprint density at radius 2 is 1.68 bits per heavy atom. The first-order chi connectivity index (χ1) is 8.85. The predicted molar refractivity (Wildman–Crippen MR) is 77.9 cm³/mol. The molecule has 0 spiro atoms. The third kappa shape index (κ3) is 10.3. The Labute approximate surface area is 116 Å². The second kappa shape index (κ2) is 9.55. The van der Waals surface area contributed by atoms with Crippen LogP contribution in [0.3, 0.4) is 0 Å². The Balaban J connectivity index is 4.21. The van der Waals surface area contributed by atoms with Crippen LogP contribution >= 0.6 is 0 Å². The van der Waals surface area contributed by atoms with Gasteiger partial charge in [0, 0.05) is 19.6 Å². The van der Waals surface area contributed by atoms with Crippen LogP contribution in [0.15, 0.2) is 12.7 Å².